The van der Waals surface area contributed by atoms with Crippen molar-refractivity contribution in [2.24, 2.45) is 0 Å². The Kier molecular flexibility index (Phi) is 5.34. The zero-order valence-electron chi connectivity index (χ0n) is 12.4. The molecule has 5 heteroatoms. The standard InChI is InChI=1S/C15H23N3OS/c1-15(2,14-5-4-8-20-14)11-18-12-17-10-13(18)9-16-6-7-19-3/h4-5,8,10,12,16H,6-7,9,11H2,1-3H3. The van der Waals surface area contributed by atoms with Crippen molar-refractivity contribution >= 4 is 11.3 Å². The molecule has 0 aliphatic rings. The van der Waals surface area contributed by atoms with Crippen molar-refractivity contribution in [2.45, 2.75) is 32.4 Å². The molecule has 1 N–H and O–H groups in total. The molecule has 0 radical (unpaired) electrons. The lowest BCUT2D eigenvalue weighted by Gasteiger charge is -2.25. The molecule has 2 heterocycles. The first-order valence-corrected chi connectivity index (χ1v) is 7.74. The number of ether oxygens (including phenoxy) is 1. The lowest BCUT2D eigenvalue weighted by Crippen LogP contribution is -2.26. The highest BCUT2D eigenvalue weighted by Gasteiger charge is 2.23. The molecule has 2 rings (SSSR count). The Balaban J connectivity index is 1.98. The number of hydrogen-bond acceptors (Lipinski definition) is 4. The maximum atomic E-state index is 5.04. The molecule has 0 bridgehead atoms. The molecule has 0 atom stereocenters. The van der Waals surface area contributed by atoms with Crippen LogP contribution < -0.4 is 5.32 Å². The van der Waals surface area contributed by atoms with Crippen LogP contribution in [0, 0.1) is 0 Å². The van der Waals surface area contributed by atoms with Crippen molar-refractivity contribution in [1.82, 2.24) is 14.9 Å². The van der Waals surface area contributed by atoms with Gasteiger partial charge in [-0.1, -0.05) is 19.9 Å². The molecule has 0 unspecified atom stereocenters. The minimum atomic E-state index is 0.121. The lowest BCUT2D eigenvalue weighted by atomic mass is 9.91. The van der Waals surface area contributed by atoms with Crippen LogP contribution in [0.2, 0.25) is 0 Å². The first kappa shape index (κ1) is 15.2. The number of nitrogens with one attached hydrogen (secondary N) is 1. The van der Waals surface area contributed by atoms with Gasteiger partial charge in [0.2, 0.25) is 0 Å². The van der Waals surface area contributed by atoms with Crippen molar-refractivity contribution in [3.05, 3.63) is 40.6 Å². The van der Waals surface area contributed by atoms with E-state index in [2.05, 4.69) is 46.2 Å². The second-order valence-electron chi connectivity index (χ2n) is 5.54. The molecule has 0 aromatic carbocycles. The quantitative estimate of drug-likeness (QED) is 0.761. The molecule has 4 nitrogen and oxygen atoms in total. The monoisotopic (exact) mass is 293 g/mol. The van der Waals surface area contributed by atoms with E-state index in [4.69, 9.17) is 4.74 Å². The predicted molar refractivity (Wildman–Crippen MR) is 83.2 cm³/mol. The van der Waals surface area contributed by atoms with E-state index in [-0.39, 0.29) is 5.41 Å². The number of nitrogens with zero attached hydrogens (tertiary/aromatic N) is 2. The van der Waals surface area contributed by atoms with Crippen LogP contribution in [0.15, 0.2) is 30.0 Å². The van der Waals surface area contributed by atoms with Gasteiger partial charge in [0.05, 0.1) is 18.6 Å². The minimum absolute atomic E-state index is 0.121. The molecule has 0 aliphatic heterocycles. The second kappa shape index (κ2) is 7.02. The highest BCUT2D eigenvalue weighted by molar-refractivity contribution is 7.10. The maximum absolute atomic E-state index is 5.04. The minimum Gasteiger partial charge on any atom is -0.383 e. The van der Waals surface area contributed by atoms with Gasteiger partial charge in [0.15, 0.2) is 0 Å². The van der Waals surface area contributed by atoms with Crippen LogP contribution in [-0.4, -0.2) is 29.8 Å². The summed E-state index contributed by atoms with van der Waals surface area (Å²) in [5.74, 6) is 0. The Labute approximate surface area is 124 Å². The first-order valence-electron chi connectivity index (χ1n) is 6.86. The van der Waals surface area contributed by atoms with Crippen LogP contribution in [-0.2, 0) is 23.2 Å². The summed E-state index contributed by atoms with van der Waals surface area (Å²) in [6, 6.07) is 4.32. The van der Waals surface area contributed by atoms with E-state index < -0.39 is 0 Å². The van der Waals surface area contributed by atoms with Crippen molar-refractivity contribution in [2.75, 3.05) is 20.3 Å². The molecule has 0 fully saturated rings. The van der Waals surface area contributed by atoms with Gasteiger partial charge in [-0.05, 0) is 11.4 Å². The summed E-state index contributed by atoms with van der Waals surface area (Å²) in [6.07, 6.45) is 3.85. The van der Waals surface area contributed by atoms with Crippen LogP contribution >= 0.6 is 11.3 Å². The van der Waals surface area contributed by atoms with Crippen molar-refractivity contribution in [3.8, 4) is 0 Å². The lowest BCUT2D eigenvalue weighted by molar-refractivity contribution is 0.199. The molecule has 2 aromatic rings. The van der Waals surface area contributed by atoms with E-state index in [1.165, 1.54) is 10.6 Å². The normalized spacial score (nSPS) is 11.9. The summed E-state index contributed by atoms with van der Waals surface area (Å²) in [5, 5.41) is 5.50. The molecular weight excluding hydrogens is 270 g/mol. The van der Waals surface area contributed by atoms with Crippen molar-refractivity contribution in [1.29, 1.82) is 0 Å². The van der Waals surface area contributed by atoms with Gasteiger partial charge in [-0.3, -0.25) is 0 Å². The average molecular weight is 293 g/mol. The number of methoxy groups -OCH3 is 1. The fourth-order valence-corrected chi connectivity index (χ4v) is 3.04. The average Bonchev–Trinajstić information content (AvgIpc) is 3.06. The van der Waals surface area contributed by atoms with Gasteiger partial charge < -0.3 is 14.6 Å². The third-order valence-electron chi connectivity index (χ3n) is 3.34. The summed E-state index contributed by atoms with van der Waals surface area (Å²) < 4.78 is 7.27. The summed E-state index contributed by atoms with van der Waals surface area (Å²) in [4.78, 5) is 5.69. The number of rotatable bonds is 8. The third-order valence-corrected chi connectivity index (χ3v) is 4.58. The van der Waals surface area contributed by atoms with Gasteiger partial charge in [0.1, 0.15) is 0 Å². The molecule has 0 amide bonds. The number of hydrogen-bond donors (Lipinski definition) is 1. The Morgan fingerprint density at radius 2 is 2.30 bits per heavy atom. The zero-order chi connectivity index (χ0) is 14.4. The van der Waals surface area contributed by atoms with E-state index in [1.807, 2.05) is 23.9 Å². The third kappa shape index (κ3) is 3.91. The molecule has 110 valence electrons. The van der Waals surface area contributed by atoms with E-state index in [9.17, 15) is 0 Å². The molecule has 2 aromatic heterocycles. The summed E-state index contributed by atoms with van der Waals surface area (Å²) in [7, 11) is 1.72. The van der Waals surface area contributed by atoms with E-state index in [0.717, 1.165) is 26.2 Å². The fourth-order valence-electron chi connectivity index (χ4n) is 2.20. The molecule has 0 spiro atoms. The Morgan fingerprint density at radius 3 is 3.00 bits per heavy atom. The maximum Gasteiger partial charge on any atom is 0.0948 e. The smallest absolute Gasteiger partial charge is 0.0948 e. The van der Waals surface area contributed by atoms with E-state index >= 15 is 0 Å². The largest absolute Gasteiger partial charge is 0.383 e. The van der Waals surface area contributed by atoms with Crippen molar-refractivity contribution in [3.63, 3.8) is 0 Å². The molecule has 0 saturated heterocycles. The van der Waals surface area contributed by atoms with Crippen molar-refractivity contribution < 1.29 is 4.74 Å². The summed E-state index contributed by atoms with van der Waals surface area (Å²) >= 11 is 1.82. The SMILES string of the molecule is COCCNCc1cncn1CC(C)(C)c1cccs1. The molecular formula is C15H23N3OS. The topological polar surface area (TPSA) is 39.1 Å². The van der Waals surface area contributed by atoms with E-state index in [0.29, 0.717) is 0 Å². The number of thiophene rings is 1. The molecule has 0 saturated carbocycles. The highest BCUT2D eigenvalue weighted by atomic mass is 32.1. The number of aromatic nitrogens is 2. The highest BCUT2D eigenvalue weighted by Crippen LogP contribution is 2.29. The van der Waals surface area contributed by atoms with Crippen LogP contribution in [0.5, 0.6) is 0 Å². The van der Waals surface area contributed by atoms with Crippen LogP contribution in [0.1, 0.15) is 24.4 Å². The Hall–Kier alpha value is -1.17. The summed E-state index contributed by atoms with van der Waals surface area (Å²) in [5.41, 5.74) is 1.33. The van der Waals surface area contributed by atoms with Gasteiger partial charge >= 0.3 is 0 Å². The molecule has 0 aliphatic carbocycles. The Morgan fingerprint density at radius 1 is 1.45 bits per heavy atom. The van der Waals surface area contributed by atoms with Crippen LogP contribution in [0.4, 0.5) is 0 Å². The fraction of sp³-hybridized carbons (Fsp3) is 0.533. The first-order chi connectivity index (χ1) is 9.63. The van der Waals surface area contributed by atoms with Gasteiger partial charge in [-0.25, -0.2) is 4.98 Å². The zero-order valence-corrected chi connectivity index (χ0v) is 13.2. The summed E-state index contributed by atoms with van der Waals surface area (Å²) in [6.45, 7) is 7.91. The van der Waals surface area contributed by atoms with Crippen LogP contribution in [0.25, 0.3) is 0 Å². The van der Waals surface area contributed by atoms with Gasteiger partial charge in [-0.15, -0.1) is 11.3 Å². The number of imidazole rings is 1. The van der Waals surface area contributed by atoms with Crippen LogP contribution in [0.3, 0.4) is 0 Å². The van der Waals surface area contributed by atoms with Gasteiger partial charge in [0.25, 0.3) is 0 Å². The second-order valence-corrected chi connectivity index (χ2v) is 6.49. The van der Waals surface area contributed by atoms with Gasteiger partial charge in [0, 0.05) is 43.2 Å². The molecule has 20 heavy (non-hydrogen) atoms. The Bertz CT molecular complexity index is 505. The predicted octanol–water partition coefficient (Wildman–Crippen LogP) is 2.66. The van der Waals surface area contributed by atoms with E-state index in [1.54, 1.807) is 7.11 Å². The van der Waals surface area contributed by atoms with Gasteiger partial charge in [-0.2, -0.15) is 0 Å².